The van der Waals surface area contributed by atoms with Gasteiger partial charge in [0.05, 0.1) is 24.8 Å². The third-order valence-corrected chi connectivity index (χ3v) is 5.29. The van der Waals surface area contributed by atoms with E-state index in [0.29, 0.717) is 25.1 Å². The Hall–Kier alpha value is -2.19. The van der Waals surface area contributed by atoms with Crippen molar-refractivity contribution in [3.8, 4) is 0 Å². The summed E-state index contributed by atoms with van der Waals surface area (Å²) in [7, 11) is 0. The second-order valence-electron chi connectivity index (χ2n) is 8.36. The van der Waals surface area contributed by atoms with Gasteiger partial charge in [-0.1, -0.05) is 44.2 Å². The number of thioether (sulfide) groups is 1. The quantitative estimate of drug-likeness (QED) is 0.405. The van der Waals surface area contributed by atoms with E-state index in [9.17, 15) is 18.0 Å². The van der Waals surface area contributed by atoms with Crippen molar-refractivity contribution in [3.63, 3.8) is 0 Å². The molecule has 0 bridgehead atoms. The van der Waals surface area contributed by atoms with Gasteiger partial charge in [-0.3, -0.25) is 0 Å². The lowest BCUT2D eigenvalue weighted by Gasteiger charge is -2.24. The van der Waals surface area contributed by atoms with Gasteiger partial charge in [-0.25, -0.2) is 4.79 Å². The molecule has 1 unspecified atom stereocenters. The Morgan fingerprint density at radius 1 is 1.03 bits per heavy atom. The van der Waals surface area contributed by atoms with E-state index in [0.717, 1.165) is 12.1 Å². The molecule has 8 heteroatoms. The number of ether oxygens (including phenoxy) is 2. The number of amides is 1. The van der Waals surface area contributed by atoms with Crippen LogP contribution in [0, 0.1) is 0 Å². The lowest BCUT2D eigenvalue weighted by Crippen LogP contribution is -2.36. The van der Waals surface area contributed by atoms with Crippen LogP contribution in [0.1, 0.15) is 52.2 Å². The van der Waals surface area contributed by atoms with E-state index in [4.69, 9.17) is 9.47 Å². The molecule has 190 valence electrons. The predicted octanol–water partition coefficient (Wildman–Crippen LogP) is 7.67. The van der Waals surface area contributed by atoms with Crippen LogP contribution in [0.5, 0.6) is 0 Å². The molecule has 2 aromatic carbocycles. The highest BCUT2D eigenvalue weighted by molar-refractivity contribution is 7.98. The van der Waals surface area contributed by atoms with Gasteiger partial charge in [0, 0.05) is 11.4 Å². The largest absolute Gasteiger partial charge is 0.444 e. The van der Waals surface area contributed by atoms with Crippen LogP contribution >= 0.6 is 11.8 Å². The van der Waals surface area contributed by atoms with Crippen LogP contribution in [-0.4, -0.2) is 42.0 Å². The smallest absolute Gasteiger partial charge is 0.416 e. The van der Waals surface area contributed by atoms with Crippen molar-refractivity contribution < 1.29 is 27.4 Å². The first-order valence-electron chi connectivity index (χ1n) is 11.3. The van der Waals surface area contributed by atoms with E-state index in [2.05, 4.69) is 18.4 Å². The molecule has 2 aromatic rings. The highest BCUT2D eigenvalue weighted by Crippen LogP contribution is 2.29. The average Bonchev–Trinajstić information content (AvgIpc) is 3.28. The van der Waals surface area contributed by atoms with Gasteiger partial charge in [-0.15, -0.1) is 11.8 Å². The van der Waals surface area contributed by atoms with Crippen molar-refractivity contribution in [3.05, 3.63) is 65.7 Å². The molecule has 1 heterocycles. The molecule has 0 spiro atoms. The Kier molecular flexibility index (Phi) is 12.5. The van der Waals surface area contributed by atoms with E-state index in [1.165, 1.54) is 17.0 Å². The zero-order valence-corrected chi connectivity index (χ0v) is 21.6. The van der Waals surface area contributed by atoms with Gasteiger partial charge >= 0.3 is 12.3 Å². The van der Waals surface area contributed by atoms with Crippen LogP contribution in [0.3, 0.4) is 0 Å². The molecular weight excluding hydrogens is 463 g/mol. The van der Waals surface area contributed by atoms with Crippen molar-refractivity contribution in [1.29, 1.82) is 0 Å². The molecule has 0 aromatic heterocycles. The lowest BCUT2D eigenvalue weighted by atomic mass is 10.1. The first-order valence-corrected chi connectivity index (χ1v) is 12.5. The topological polar surface area (TPSA) is 38.8 Å². The maximum Gasteiger partial charge on any atom is 0.416 e. The summed E-state index contributed by atoms with van der Waals surface area (Å²) in [4.78, 5) is 14.9. The van der Waals surface area contributed by atoms with Crippen LogP contribution in [0.15, 0.2) is 59.5 Å². The number of likely N-dealkylation sites (tertiary alicyclic amines) is 1. The van der Waals surface area contributed by atoms with E-state index < -0.39 is 17.3 Å². The number of carbonyl (C=O) groups is 1. The third kappa shape index (κ3) is 11.3. The normalized spacial score (nSPS) is 15.6. The average molecular weight is 500 g/mol. The summed E-state index contributed by atoms with van der Waals surface area (Å²) in [6.45, 7) is 10.6. The standard InChI is InChI=1S/C17H22F3NO3.C7H8S.C2H6/c1-16(2,3)24-15(22)21-9-8-14(10-21)23-11-12-4-6-13(7-5-12)17(18,19)20;1-8-7-5-3-2-4-6-7;1-2/h4-7,14H,8-11H2,1-3H3;2-6H,1H3;1-2H3. The third-order valence-electron chi connectivity index (χ3n) is 4.54. The highest BCUT2D eigenvalue weighted by Gasteiger charge is 2.31. The van der Waals surface area contributed by atoms with Crippen LogP contribution in [0.4, 0.5) is 18.0 Å². The Morgan fingerprint density at radius 2 is 1.62 bits per heavy atom. The second kappa shape index (κ2) is 14.3. The Labute approximate surface area is 205 Å². The molecule has 34 heavy (non-hydrogen) atoms. The summed E-state index contributed by atoms with van der Waals surface area (Å²) in [5.41, 5.74) is -0.557. The summed E-state index contributed by atoms with van der Waals surface area (Å²) >= 11 is 1.77. The SMILES string of the molecule is CC.CC(C)(C)OC(=O)N1CCC(OCc2ccc(C(F)(F)F)cc2)C1.CSc1ccccc1. The Balaban J connectivity index is 0.000000483. The summed E-state index contributed by atoms with van der Waals surface area (Å²) in [5, 5.41) is 0. The number of benzene rings is 2. The van der Waals surface area contributed by atoms with Crippen LogP contribution in [-0.2, 0) is 22.3 Å². The van der Waals surface area contributed by atoms with E-state index in [-0.39, 0.29) is 18.8 Å². The van der Waals surface area contributed by atoms with E-state index in [1.807, 2.05) is 32.0 Å². The van der Waals surface area contributed by atoms with Gasteiger partial charge in [0.25, 0.3) is 0 Å². The van der Waals surface area contributed by atoms with E-state index in [1.54, 1.807) is 37.4 Å². The fourth-order valence-corrected chi connectivity index (χ4v) is 3.35. The molecule has 0 radical (unpaired) electrons. The number of nitrogens with zero attached hydrogens (tertiary/aromatic N) is 1. The summed E-state index contributed by atoms with van der Waals surface area (Å²) in [6.07, 6.45) is -2.09. The minimum absolute atomic E-state index is 0.139. The maximum absolute atomic E-state index is 12.5. The number of hydrogen-bond donors (Lipinski definition) is 0. The van der Waals surface area contributed by atoms with Crippen LogP contribution in [0.2, 0.25) is 0 Å². The summed E-state index contributed by atoms with van der Waals surface area (Å²) in [5.74, 6) is 0. The lowest BCUT2D eigenvalue weighted by molar-refractivity contribution is -0.137. The minimum atomic E-state index is -4.33. The molecule has 1 aliphatic rings. The van der Waals surface area contributed by atoms with E-state index >= 15 is 0 Å². The minimum Gasteiger partial charge on any atom is -0.444 e. The number of halogens is 3. The zero-order valence-electron chi connectivity index (χ0n) is 20.8. The van der Waals surface area contributed by atoms with Gasteiger partial charge in [0.15, 0.2) is 0 Å². The maximum atomic E-state index is 12.5. The van der Waals surface area contributed by atoms with Gasteiger partial charge in [-0.2, -0.15) is 13.2 Å². The predicted molar refractivity (Wildman–Crippen MR) is 132 cm³/mol. The Bertz CT molecular complexity index is 837. The number of hydrogen-bond acceptors (Lipinski definition) is 4. The number of rotatable bonds is 4. The van der Waals surface area contributed by atoms with Gasteiger partial charge < -0.3 is 14.4 Å². The molecule has 0 saturated carbocycles. The first-order chi connectivity index (χ1) is 16.0. The van der Waals surface area contributed by atoms with Crippen molar-refractivity contribution in [2.24, 2.45) is 0 Å². The molecule has 4 nitrogen and oxygen atoms in total. The van der Waals surface area contributed by atoms with Crippen molar-refractivity contribution in [2.45, 2.75) is 70.4 Å². The highest BCUT2D eigenvalue weighted by atomic mass is 32.2. The summed E-state index contributed by atoms with van der Waals surface area (Å²) < 4.78 is 48.5. The first kappa shape index (κ1) is 29.8. The van der Waals surface area contributed by atoms with Gasteiger partial charge in [-0.05, 0) is 63.3 Å². The molecule has 0 N–H and O–H groups in total. The molecule has 1 fully saturated rings. The molecule has 0 aliphatic carbocycles. The molecule has 1 saturated heterocycles. The van der Waals surface area contributed by atoms with Crippen LogP contribution < -0.4 is 0 Å². The van der Waals surface area contributed by atoms with Crippen molar-refractivity contribution in [2.75, 3.05) is 19.3 Å². The summed E-state index contributed by atoms with van der Waals surface area (Å²) in [6, 6.07) is 15.2. The molecular formula is C26H36F3NO3S. The zero-order chi connectivity index (χ0) is 25.8. The number of carbonyl (C=O) groups excluding carboxylic acids is 1. The van der Waals surface area contributed by atoms with Gasteiger partial charge in [0.2, 0.25) is 0 Å². The van der Waals surface area contributed by atoms with Crippen molar-refractivity contribution in [1.82, 2.24) is 4.90 Å². The molecule has 1 amide bonds. The van der Waals surface area contributed by atoms with Gasteiger partial charge in [0.1, 0.15) is 5.60 Å². The van der Waals surface area contributed by atoms with Crippen molar-refractivity contribution >= 4 is 17.9 Å². The fourth-order valence-electron chi connectivity index (χ4n) is 2.92. The molecule has 1 atom stereocenters. The Morgan fingerprint density at radius 3 is 2.09 bits per heavy atom. The molecule has 1 aliphatic heterocycles. The second-order valence-corrected chi connectivity index (χ2v) is 9.24. The monoisotopic (exact) mass is 499 g/mol. The fraction of sp³-hybridized carbons (Fsp3) is 0.500. The van der Waals surface area contributed by atoms with Crippen LogP contribution in [0.25, 0.3) is 0 Å². The number of alkyl halides is 3. The molecule has 3 rings (SSSR count).